The van der Waals surface area contributed by atoms with Crippen molar-refractivity contribution in [3.8, 4) is 0 Å². The van der Waals surface area contributed by atoms with Gasteiger partial charge in [-0.3, -0.25) is 14.9 Å². The molecule has 0 spiro atoms. The zero-order chi connectivity index (χ0) is 19.4. The number of amides is 1. The second-order valence-electron chi connectivity index (χ2n) is 5.50. The number of nitro benzene ring substituents is 1. The molecular weight excluding hydrogens is 390 g/mol. The third-order valence-electron chi connectivity index (χ3n) is 3.60. The molecule has 0 bridgehead atoms. The molecule has 27 heavy (non-hydrogen) atoms. The number of para-hydroxylation sites is 1. The summed E-state index contributed by atoms with van der Waals surface area (Å²) in [5.41, 5.74) is 3.97. The Kier molecular flexibility index (Phi) is 5.63. The molecule has 0 aliphatic carbocycles. The van der Waals surface area contributed by atoms with Crippen LogP contribution in [0.3, 0.4) is 0 Å². The van der Waals surface area contributed by atoms with Crippen LogP contribution in [0.5, 0.6) is 0 Å². The van der Waals surface area contributed by atoms with Gasteiger partial charge in [-0.1, -0.05) is 41.1 Å². The Morgan fingerprint density at radius 3 is 2.85 bits per heavy atom. The van der Waals surface area contributed by atoms with Gasteiger partial charge in [-0.25, -0.2) is 10.4 Å². The van der Waals surface area contributed by atoms with Gasteiger partial charge in [-0.05, 0) is 25.1 Å². The molecule has 10 heteroatoms. The number of halogens is 1. The number of nitrogens with zero attached hydrogens (tertiary/aromatic N) is 3. The van der Waals surface area contributed by atoms with Crippen LogP contribution in [0, 0.1) is 10.1 Å². The Labute approximate surface area is 163 Å². The van der Waals surface area contributed by atoms with E-state index in [1.54, 1.807) is 13.0 Å². The second kappa shape index (κ2) is 8.11. The van der Waals surface area contributed by atoms with Crippen molar-refractivity contribution in [2.75, 3.05) is 11.9 Å². The lowest BCUT2D eigenvalue weighted by molar-refractivity contribution is -0.384. The number of nitrogens with one attached hydrogen (secondary N) is 2. The van der Waals surface area contributed by atoms with E-state index in [-0.39, 0.29) is 23.2 Å². The van der Waals surface area contributed by atoms with Crippen molar-refractivity contribution in [3.05, 3.63) is 63.2 Å². The first-order valence-corrected chi connectivity index (χ1v) is 9.00. The highest BCUT2D eigenvalue weighted by Gasteiger charge is 2.14. The lowest BCUT2D eigenvalue weighted by atomic mass is 10.1. The number of fused-ring (bicyclic) bond motifs is 1. The maximum Gasteiger partial charge on any atom is 0.288 e. The number of hydrogen-bond donors (Lipinski definition) is 2. The van der Waals surface area contributed by atoms with Gasteiger partial charge >= 0.3 is 0 Å². The summed E-state index contributed by atoms with van der Waals surface area (Å²) in [4.78, 5) is 26.7. The SMILES string of the molecule is C/C(=N/NC(=O)CNc1nc2ccccc2s1)c1ccc(Cl)c([N+](=O)[O-])c1. The van der Waals surface area contributed by atoms with Gasteiger partial charge in [0.15, 0.2) is 5.13 Å². The van der Waals surface area contributed by atoms with Gasteiger partial charge in [0.05, 0.1) is 27.4 Å². The maximum absolute atomic E-state index is 12.0. The number of nitro groups is 1. The van der Waals surface area contributed by atoms with Crippen LogP contribution in [0.2, 0.25) is 5.02 Å². The maximum atomic E-state index is 12.0. The van der Waals surface area contributed by atoms with Crippen LogP contribution in [0.1, 0.15) is 12.5 Å². The standard InChI is InChI=1S/C17H14ClN5O3S/c1-10(11-6-7-12(18)14(8-11)23(25)26)21-22-16(24)9-19-17-20-13-4-2-3-5-15(13)27-17/h2-8H,9H2,1H3,(H,19,20)(H,22,24)/b21-10-. The molecule has 3 rings (SSSR count). The molecule has 1 heterocycles. The quantitative estimate of drug-likeness (QED) is 0.369. The van der Waals surface area contributed by atoms with Gasteiger partial charge in [0.2, 0.25) is 0 Å². The fourth-order valence-corrected chi connectivity index (χ4v) is 3.28. The lowest BCUT2D eigenvalue weighted by Crippen LogP contribution is -2.26. The van der Waals surface area contributed by atoms with Gasteiger partial charge in [-0.2, -0.15) is 5.10 Å². The first-order chi connectivity index (χ1) is 12.9. The first kappa shape index (κ1) is 18.7. The van der Waals surface area contributed by atoms with Gasteiger partial charge in [0.25, 0.3) is 11.6 Å². The fraction of sp³-hybridized carbons (Fsp3) is 0.118. The van der Waals surface area contributed by atoms with Gasteiger partial charge in [0.1, 0.15) is 5.02 Å². The average Bonchev–Trinajstić information content (AvgIpc) is 3.07. The summed E-state index contributed by atoms with van der Waals surface area (Å²) in [5.74, 6) is -0.364. The van der Waals surface area contributed by atoms with E-state index in [2.05, 4.69) is 20.8 Å². The van der Waals surface area contributed by atoms with E-state index in [0.717, 1.165) is 10.2 Å². The number of rotatable bonds is 6. The highest BCUT2D eigenvalue weighted by atomic mass is 35.5. The molecular formula is C17H14ClN5O3S. The molecule has 0 unspecified atom stereocenters. The zero-order valence-corrected chi connectivity index (χ0v) is 15.7. The Bertz CT molecular complexity index is 1020. The summed E-state index contributed by atoms with van der Waals surface area (Å²) in [6.45, 7) is 1.63. The molecule has 0 saturated carbocycles. The van der Waals surface area contributed by atoms with Crippen molar-refractivity contribution in [1.82, 2.24) is 10.4 Å². The van der Waals surface area contributed by atoms with Crippen molar-refractivity contribution in [3.63, 3.8) is 0 Å². The third-order valence-corrected chi connectivity index (χ3v) is 4.92. The number of aromatic nitrogens is 1. The molecule has 138 valence electrons. The van der Waals surface area contributed by atoms with Crippen molar-refractivity contribution < 1.29 is 9.72 Å². The minimum Gasteiger partial charge on any atom is -0.352 e. The summed E-state index contributed by atoms with van der Waals surface area (Å²) in [6, 6.07) is 12.0. The minimum atomic E-state index is -0.570. The molecule has 3 aromatic rings. The van der Waals surface area contributed by atoms with E-state index in [9.17, 15) is 14.9 Å². The Morgan fingerprint density at radius 2 is 2.11 bits per heavy atom. The molecule has 0 saturated heterocycles. The summed E-state index contributed by atoms with van der Waals surface area (Å²) < 4.78 is 1.03. The van der Waals surface area contributed by atoms with Gasteiger partial charge in [0, 0.05) is 11.6 Å². The summed E-state index contributed by atoms with van der Waals surface area (Å²) in [5, 5.41) is 18.5. The van der Waals surface area contributed by atoms with Crippen LogP contribution < -0.4 is 10.7 Å². The molecule has 2 aromatic carbocycles. The average molecular weight is 404 g/mol. The Hall–Kier alpha value is -3.04. The lowest BCUT2D eigenvalue weighted by Gasteiger charge is -2.04. The molecule has 0 radical (unpaired) electrons. The predicted octanol–water partition coefficient (Wildman–Crippen LogP) is 3.81. The molecule has 0 aliphatic rings. The molecule has 8 nitrogen and oxygen atoms in total. The Balaban J connectivity index is 1.60. The largest absolute Gasteiger partial charge is 0.352 e. The molecule has 1 amide bonds. The van der Waals surface area contributed by atoms with Crippen LogP contribution in [-0.2, 0) is 4.79 Å². The summed E-state index contributed by atoms with van der Waals surface area (Å²) in [6.07, 6.45) is 0. The summed E-state index contributed by atoms with van der Waals surface area (Å²) >= 11 is 7.24. The van der Waals surface area contributed by atoms with Crippen molar-refractivity contribution in [2.45, 2.75) is 6.92 Å². The number of carbonyl (C=O) groups excluding carboxylic acids is 1. The number of carbonyl (C=O) groups is 1. The molecule has 1 aromatic heterocycles. The van der Waals surface area contributed by atoms with Crippen molar-refractivity contribution >= 4 is 55.6 Å². The third kappa shape index (κ3) is 4.57. The van der Waals surface area contributed by atoms with E-state index >= 15 is 0 Å². The smallest absolute Gasteiger partial charge is 0.288 e. The van der Waals surface area contributed by atoms with E-state index in [4.69, 9.17) is 11.6 Å². The predicted molar refractivity (Wildman–Crippen MR) is 107 cm³/mol. The Morgan fingerprint density at radius 1 is 1.33 bits per heavy atom. The number of benzene rings is 2. The number of hydrogen-bond acceptors (Lipinski definition) is 7. The zero-order valence-electron chi connectivity index (χ0n) is 14.1. The van der Waals surface area contributed by atoms with E-state index in [0.29, 0.717) is 16.4 Å². The van der Waals surface area contributed by atoms with Crippen LogP contribution in [0.15, 0.2) is 47.6 Å². The number of anilines is 1. The van der Waals surface area contributed by atoms with E-state index in [1.165, 1.54) is 23.5 Å². The number of thiazole rings is 1. The molecule has 2 N–H and O–H groups in total. The summed E-state index contributed by atoms with van der Waals surface area (Å²) in [7, 11) is 0. The minimum absolute atomic E-state index is 0.00261. The normalized spacial score (nSPS) is 11.4. The van der Waals surface area contributed by atoms with Crippen LogP contribution in [0.25, 0.3) is 10.2 Å². The topological polar surface area (TPSA) is 110 Å². The monoisotopic (exact) mass is 403 g/mol. The van der Waals surface area contributed by atoms with E-state index < -0.39 is 4.92 Å². The fourth-order valence-electron chi connectivity index (χ4n) is 2.23. The van der Waals surface area contributed by atoms with Crippen LogP contribution in [0.4, 0.5) is 10.8 Å². The van der Waals surface area contributed by atoms with Crippen molar-refractivity contribution in [1.29, 1.82) is 0 Å². The van der Waals surface area contributed by atoms with Crippen LogP contribution in [-0.4, -0.2) is 28.1 Å². The highest BCUT2D eigenvalue weighted by Crippen LogP contribution is 2.26. The van der Waals surface area contributed by atoms with Crippen molar-refractivity contribution in [2.24, 2.45) is 5.10 Å². The van der Waals surface area contributed by atoms with Gasteiger partial charge in [-0.15, -0.1) is 0 Å². The highest BCUT2D eigenvalue weighted by molar-refractivity contribution is 7.22. The van der Waals surface area contributed by atoms with Gasteiger partial charge < -0.3 is 5.32 Å². The molecule has 0 aliphatic heterocycles. The number of hydrazone groups is 1. The molecule has 0 atom stereocenters. The molecule has 0 fully saturated rings. The van der Waals surface area contributed by atoms with Crippen LogP contribution >= 0.6 is 22.9 Å². The van der Waals surface area contributed by atoms with E-state index in [1.807, 2.05) is 24.3 Å². The first-order valence-electron chi connectivity index (χ1n) is 7.81. The second-order valence-corrected chi connectivity index (χ2v) is 6.93.